The van der Waals surface area contributed by atoms with Crippen molar-refractivity contribution in [2.45, 2.75) is 71.8 Å². The third-order valence-corrected chi connectivity index (χ3v) is 7.06. The number of ether oxygens (including phenoxy) is 2. The van der Waals surface area contributed by atoms with Crippen LogP contribution in [0.4, 0.5) is 15.0 Å². The van der Waals surface area contributed by atoms with Gasteiger partial charge in [0.2, 0.25) is 5.78 Å². The number of urea groups is 1. The van der Waals surface area contributed by atoms with E-state index in [1.165, 1.54) is 38.2 Å². The Labute approximate surface area is 248 Å². The molecule has 43 heavy (non-hydrogen) atoms. The standard InChI is InChI=1S/C30H36FN5O7/c1-6-21(37)17-8-9-19(31)23(18-11-20(18)35-29(41)36-22-10-7-16(12-32)13-34-22)25(17)43-28(40)26(38)30(4,5)14-42-27(39)24(33)15(2)3/h7-10,13,15,18,20,24,28,40H,6,11,14,33H2,1-5H3,(H2,34,35,36,41)/t18?,20?,24-,28?/m0/s1. The van der Waals surface area contributed by atoms with Crippen molar-refractivity contribution in [2.75, 3.05) is 11.9 Å². The molecule has 1 aromatic carbocycles. The van der Waals surface area contributed by atoms with Crippen molar-refractivity contribution in [2.24, 2.45) is 17.1 Å². The zero-order valence-electron chi connectivity index (χ0n) is 24.6. The predicted octanol–water partition coefficient (Wildman–Crippen LogP) is 3.18. The summed E-state index contributed by atoms with van der Waals surface area (Å²) in [7, 11) is 0. The minimum atomic E-state index is -2.13. The maximum absolute atomic E-state index is 15.3. The number of halogens is 1. The highest BCUT2D eigenvalue weighted by atomic mass is 19.1. The van der Waals surface area contributed by atoms with Gasteiger partial charge >= 0.3 is 12.0 Å². The molecule has 5 N–H and O–H groups in total. The van der Waals surface area contributed by atoms with Gasteiger partial charge < -0.3 is 25.6 Å². The van der Waals surface area contributed by atoms with E-state index in [4.69, 9.17) is 20.5 Å². The Morgan fingerprint density at radius 1 is 1.23 bits per heavy atom. The summed E-state index contributed by atoms with van der Waals surface area (Å²) in [6, 6.07) is 5.08. The van der Waals surface area contributed by atoms with E-state index in [1.807, 2.05) is 6.07 Å². The number of anilines is 1. The molecule has 1 heterocycles. The van der Waals surface area contributed by atoms with E-state index in [9.17, 15) is 24.3 Å². The monoisotopic (exact) mass is 597 g/mol. The highest BCUT2D eigenvalue weighted by molar-refractivity contribution is 5.99. The number of amides is 2. The second-order valence-corrected chi connectivity index (χ2v) is 11.3. The van der Waals surface area contributed by atoms with E-state index >= 15 is 4.39 Å². The minimum Gasteiger partial charge on any atom is -0.463 e. The van der Waals surface area contributed by atoms with Crippen molar-refractivity contribution < 1.29 is 38.1 Å². The van der Waals surface area contributed by atoms with Gasteiger partial charge in [0, 0.05) is 30.1 Å². The van der Waals surface area contributed by atoms with E-state index in [1.54, 1.807) is 20.8 Å². The third kappa shape index (κ3) is 8.12. The maximum atomic E-state index is 15.3. The molecule has 1 aromatic heterocycles. The average Bonchev–Trinajstić information content (AvgIpc) is 3.72. The molecule has 4 atom stereocenters. The van der Waals surface area contributed by atoms with Crippen LogP contribution in [0, 0.1) is 28.5 Å². The van der Waals surface area contributed by atoms with Crippen LogP contribution in [0.3, 0.4) is 0 Å². The van der Waals surface area contributed by atoms with Crippen molar-refractivity contribution in [3.8, 4) is 11.8 Å². The molecule has 2 amide bonds. The van der Waals surface area contributed by atoms with Crippen molar-refractivity contribution >= 4 is 29.4 Å². The van der Waals surface area contributed by atoms with Gasteiger partial charge in [-0.1, -0.05) is 20.8 Å². The first-order chi connectivity index (χ1) is 20.2. The first kappa shape index (κ1) is 33.1. The summed E-state index contributed by atoms with van der Waals surface area (Å²) in [6.45, 7) is 7.54. The average molecular weight is 598 g/mol. The number of Topliss-reactive ketones (excluding diaryl/α,β-unsaturated/α-hetero) is 2. The highest BCUT2D eigenvalue weighted by Gasteiger charge is 2.45. The molecular weight excluding hydrogens is 561 g/mol. The molecule has 1 aliphatic carbocycles. The quantitative estimate of drug-likeness (QED) is 0.151. The topological polar surface area (TPSA) is 194 Å². The van der Waals surface area contributed by atoms with Crippen LogP contribution in [-0.4, -0.2) is 58.6 Å². The molecule has 2 aromatic rings. The van der Waals surface area contributed by atoms with E-state index < -0.39 is 65.7 Å². The van der Waals surface area contributed by atoms with Crippen LogP contribution < -0.4 is 21.1 Å². The highest BCUT2D eigenvalue weighted by Crippen LogP contribution is 2.47. The second kappa shape index (κ2) is 13.7. The molecule has 1 aliphatic rings. The normalized spacial score (nSPS) is 17.3. The molecular formula is C30H36FN5O7. The minimum absolute atomic E-state index is 0.0326. The Balaban J connectivity index is 1.78. The van der Waals surface area contributed by atoms with Gasteiger partial charge in [0.25, 0.3) is 6.29 Å². The SMILES string of the molecule is CCC(=O)c1ccc(F)c(C2CC2NC(=O)Nc2ccc(C#N)cn2)c1OC(O)C(=O)C(C)(C)COC(=O)[C@@H](N)C(C)C. The van der Waals surface area contributed by atoms with Crippen molar-refractivity contribution in [3.63, 3.8) is 0 Å². The van der Waals surface area contributed by atoms with Crippen LogP contribution in [0.5, 0.6) is 5.75 Å². The summed E-state index contributed by atoms with van der Waals surface area (Å²) in [5.74, 6) is -3.67. The molecule has 13 heteroatoms. The number of esters is 1. The van der Waals surface area contributed by atoms with Gasteiger partial charge in [-0.2, -0.15) is 5.26 Å². The molecule has 1 fully saturated rings. The number of carbonyl (C=O) groups is 4. The molecule has 3 unspecified atom stereocenters. The number of nitrogens with one attached hydrogen (secondary N) is 2. The molecule has 0 spiro atoms. The Morgan fingerprint density at radius 3 is 2.51 bits per heavy atom. The maximum Gasteiger partial charge on any atom is 0.323 e. The lowest BCUT2D eigenvalue weighted by Gasteiger charge is -2.27. The number of aromatic nitrogens is 1. The summed E-state index contributed by atoms with van der Waals surface area (Å²) >= 11 is 0. The summed E-state index contributed by atoms with van der Waals surface area (Å²) in [5, 5.41) is 24.9. The number of carbonyl (C=O) groups excluding carboxylic acids is 4. The van der Waals surface area contributed by atoms with Crippen LogP contribution in [-0.2, 0) is 14.3 Å². The lowest BCUT2D eigenvalue weighted by atomic mass is 9.88. The van der Waals surface area contributed by atoms with Gasteiger partial charge in [-0.3, -0.25) is 19.7 Å². The van der Waals surface area contributed by atoms with Gasteiger partial charge in [-0.05, 0) is 50.5 Å². The fraction of sp³-hybridized carbons (Fsp3) is 0.467. The van der Waals surface area contributed by atoms with E-state index in [0.717, 1.165) is 6.07 Å². The number of nitrogens with zero attached hydrogens (tertiary/aromatic N) is 2. The Bertz CT molecular complexity index is 1420. The summed E-state index contributed by atoms with van der Waals surface area (Å²) in [6.07, 6.45) is -0.516. The van der Waals surface area contributed by atoms with E-state index in [0.29, 0.717) is 5.56 Å². The molecule has 3 rings (SSSR count). The van der Waals surface area contributed by atoms with E-state index in [2.05, 4.69) is 15.6 Å². The van der Waals surface area contributed by atoms with Crippen molar-refractivity contribution in [1.29, 1.82) is 5.26 Å². The smallest absolute Gasteiger partial charge is 0.323 e. The molecule has 0 radical (unpaired) electrons. The number of benzene rings is 1. The number of nitriles is 1. The second-order valence-electron chi connectivity index (χ2n) is 11.3. The van der Waals surface area contributed by atoms with Crippen molar-refractivity contribution in [1.82, 2.24) is 10.3 Å². The molecule has 0 saturated heterocycles. The molecule has 1 saturated carbocycles. The lowest BCUT2D eigenvalue weighted by Crippen LogP contribution is -2.44. The largest absolute Gasteiger partial charge is 0.463 e. The summed E-state index contributed by atoms with van der Waals surface area (Å²) in [5.41, 5.74) is 4.59. The van der Waals surface area contributed by atoms with Crippen LogP contribution in [0.1, 0.15) is 74.9 Å². The molecule has 12 nitrogen and oxygen atoms in total. The number of nitrogens with two attached hydrogens (primary N) is 1. The fourth-order valence-electron chi connectivity index (χ4n) is 4.18. The Hall–Kier alpha value is -4.41. The Kier molecular flexibility index (Phi) is 10.6. The molecule has 0 aliphatic heterocycles. The third-order valence-electron chi connectivity index (χ3n) is 7.06. The van der Waals surface area contributed by atoms with Crippen LogP contribution in [0.2, 0.25) is 0 Å². The number of aliphatic hydroxyl groups excluding tert-OH is 1. The number of hydrogen-bond donors (Lipinski definition) is 4. The Morgan fingerprint density at radius 2 is 1.93 bits per heavy atom. The van der Waals surface area contributed by atoms with Gasteiger partial charge in [0.05, 0.1) is 16.5 Å². The van der Waals surface area contributed by atoms with Crippen LogP contribution in [0.25, 0.3) is 0 Å². The van der Waals surface area contributed by atoms with Crippen LogP contribution >= 0.6 is 0 Å². The zero-order valence-corrected chi connectivity index (χ0v) is 24.6. The van der Waals surface area contributed by atoms with E-state index in [-0.39, 0.29) is 41.5 Å². The van der Waals surface area contributed by atoms with Gasteiger partial charge in [-0.25, -0.2) is 14.2 Å². The first-order valence-corrected chi connectivity index (χ1v) is 13.8. The fourth-order valence-corrected chi connectivity index (χ4v) is 4.18. The summed E-state index contributed by atoms with van der Waals surface area (Å²) < 4.78 is 26.1. The van der Waals surface area contributed by atoms with Gasteiger partial charge in [0.15, 0.2) is 5.78 Å². The molecule has 230 valence electrons. The number of pyridine rings is 1. The number of hydrogen-bond acceptors (Lipinski definition) is 10. The van der Waals surface area contributed by atoms with Crippen molar-refractivity contribution in [3.05, 3.63) is 53.0 Å². The van der Waals surface area contributed by atoms with Gasteiger partial charge in [0.1, 0.15) is 36.1 Å². The number of ketones is 2. The molecule has 0 bridgehead atoms. The number of aliphatic hydroxyl groups is 1. The zero-order chi connectivity index (χ0) is 32.1. The number of rotatable bonds is 13. The predicted molar refractivity (Wildman–Crippen MR) is 152 cm³/mol. The van der Waals surface area contributed by atoms with Gasteiger partial charge in [-0.15, -0.1) is 0 Å². The first-order valence-electron chi connectivity index (χ1n) is 13.8. The summed E-state index contributed by atoms with van der Waals surface area (Å²) in [4.78, 5) is 54.6. The van der Waals surface area contributed by atoms with Crippen LogP contribution in [0.15, 0.2) is 30.5 Å². The lowest BCUT2D eigenvalue weighted by molar-refractivity contribution is -0.160.